The smallest absolute Gasteiger partial charge is 0.0564 e. The van der Waals surface area contributed by atoms with Crippen LogP contribution in [-0.2, 0) is 0 Å². The highest BCUT2D eigenvalue weighted by Gasteiger charge is 2.18. The lowest BCUT2D eigenvalue weighted by Crippen LogP contribution is -2.13. The van der Waals surface area contributed by atoms with Gasteiger partial charge in [-0.2, -0.15) is 0 Å². The Kier molecular flexibility index (Phi) is 4.01. The summed E-state index contributed by atoms with van der Waals surface area (Å²) >= 11 is 1.83. The highest BCUT2D eigenvalue weighted by atomic mass is 32.1. The number of hydrogen-bond donors (Lipinski definition) is 1. The van der Waals surface area contributed by atoms with Gasteiger partial charge in [0.2, 0.25) is 0 Å². The van der Waals surface area contributed by atoms with Crippen LogP contribution in [0.1, 0.15) is 17.2 Å². The number of nitrogens with two attached hydrogens (primary N) is 1. The molecular weight excluding hydrogens is 346 g/mol. The summed E-state index contributed by atoms with van der Waals surface area (Å²) in [6, 6.07) is 33.9. The van der Waals surface area contributed by atoms with E-state index in [4.69, 9.17) is 5.73 Å². The molecule has 1 heterocycles. The van der Waals surface area contributed by atoms with Crippen LogP contribution >= 0.6 is 11.3 Å². The molecule has 1 nitrogen and oxygen atoms in total. The Bertz CT molecular complexity index is 1240. The first kappa shape index (κ1) is 16.2. The monoisotopic (exact) mass is 365 g/mol. The second kappa shape index (κ2) is 6.66. The van der Waals surface area contributed by atoms with Crippen molar-refractivity contribution in [3.05, 3.63) is 108 Å². The molecule has 27 heavy (non-hydrogen) atoms. The van der Waals surface area contributed by atoms with Gasteiger partial charge in [-0.1, -0.05) is 84.9 Å². The molecule has 0 aliphatic carbocycles. The van der Waals surface area contributed by atoms with E-state index in [1.165, 1.54) is 36.9 Å². The van der Waals surface area contributed by atoms with Crippen LogP contribution in [0.4, 0.5) is 0 Å². The maximum absolute atomic E-state index is 6.88. The lowest BCUT2D eigenvalue weighted by atomic mass is 9.89. The lowest BCUT2D eigenvalue weighted by molar-refractivity contribution is 0.884. The van der Waals surface area contributed by atoms with Gasteiger partial charge in [-0.3, -0.25) is 0 Å². The Labute approximate surface area is 162 Å². The number of rotatable bonds is 3. The van der Waals surface area contributed by atoms with E-state index < -0.39 is 0 Å². The number of benzene rings is 4. The summed E-state index contributed by atoms with van der Waals surface area (Å²) in [4.78, 5) is 0. The molecule has 1 unspecified atom stereocenters. The van der Waals surface area contributed by atoms with Gasteiger partial charge in [-0.25, -0.2) is 0 Å². The van der Waals surface area contributed by atoms with E-state index in [0.29, 0.717) is 0 Å². The Morgan fingerprint density at radius 2 is 1.26 bits per heavy atom. The molecule has 0 radical (unpaired) electrons. The zero-order valence-corrected chi connectivity index (χ0v) is 15.6. The van der Waals surface area contributed by atoms with Gasteiger partial charge in [0.25, 0.3) is 0 Å². The highest BCUT2D eigenvalue weighted by Crippen LogP contribution is 2.40. The maximum Gasteiger partial charge on any atom is 0.0564 e. The van der Waals surface area contributed by atoms with Crippen LogP contribution in [0.15, 0.2) is 97.1 Å². The minimum atomic E-state index is -0.178. The zero-order valence-electron chi connectivity index (χ0n) is 14.8. The van der Waals surface area contributed by atoms with Crippen molar-refractivity contribution in [2.24, 2.45) is 5.73 Å². The van der Waals surface area contributed by atoms with Crippen molar-refractivity contribution in [1.82, 2.24) is 0 Å². The number of thiophene rings is 1. The molecule has 1 atom stereocenters. The van der Waals surface area contributed by atoms with Gasteiger partial charge < -0.3 is 5.73 Å². The second-order valence-corrected chi connectivity index (χ2v) is 7.83. The summed E-state index contributed by atoms with van der Waals surface area (Å²) < 4.78 is 2.60. The molecule has 1 aromatic heterocycles. The van der Waals surface area contributed by atoms with Gasteiger partial charge in [0.05, 0.1) is 6.04 Å². The molecule has 5 rings (SSSR count). The fraction of sp³-hybridized carbons (Fsp3) is 0.0400. The van der Waals surface area contributed by atoms with Crippen LogP contribution in [0.2, 0.25) is 0 Å². The summed E-state index contributed by atoms with van der Waals surface area (Å²) in [5, 5.41) is 2.58. The largest absolute Gasteiger partial charge is 0.320 e. The van der Waals surface area contributed by atoms with E-state index in [0.717, 1.165) is 5.56 Å². The average molecular weight is 366 g/mol. The van der Waals surface area contributed by atoms with E-state index in [1.54, 1.807) is 0 Å². The van der Waals surface area contributed by atoms with Crippen molar-refractivity contribution in [2.75, 3.05) is 0 Å². The van der Waals surface area contributed by atoms with Crippen LogP contribution in [-0.4, -0.2) is 0 Å². The van der Waals surface area contributed by atoms with E-state index in [-0.39, 0.29) is 6.04 Å². The fourth-order valence-corrected chi connectivity index (χ4v) is 5.02. The molecule has 0 aliphatic heterocycles. The van der Waals surface area contributed by atoms with E-state index in [9.17, 15) is 0 Å². The molecule has 130 valence electrons. The molecule has 2 N–H and O–H groups in total. The lowest BCUT2D eigenvalue weighted by Gasteiger charge is -2.18. The predicted molar refractivity (Wildman–Crippen MR) is 117 cm³/mol. The van der Waals surface area contributed by atoms with Gasteiger partial charge in [-0.05, 0) is 34.4 Å². The minimum Gasteiger partial charge on any atom is -0.320 e. The molecule has 0 amide bonds. The topological polar surface area (TPSA) is 26.0 Å². The summed E-state index contributed by atoms with van der Waals surface area (Å²) in [5.74, 6) is 0. The van der Waals surface area contributed by atoms with Crippen LogP contribution < -0.4 is 5.73 Å². The van der Waals surface area contributed by atoms with Crippen LogP contribution in [0.25, 0.3) is 31.3 Å². The SMILES string of the molecule is NC(c1ccccc1-c1ccccc1)c1cccc2sc3ccccc3c12. The fourth-order valence-electron chi connectivity index (χ4n) is 3.88. The van der Waals surface area contributed by atoms with Gasteiger partial charge >= 0.3 is 0 Å². The van der Waals surface area contributed by atoms with Gasteiger partial charge in [0.1, 0.15) is 0 Å². The first-order chi connectivity index (χ1) is 13.3. The van der Waals surface area contributed by atoms with Crippen LogP contribution in [0.5, 0.6) is 0 Å². The Morgan fingerprint density at radius 3 is 2.15 bits per heavy atom. The molecule has 4 aromatic carbocycles. The predicted octanol–water partition coefficient (Wildman–Crippen LogP) is 6.77. The van der Waals surface area contributed by atoms with Gasteiger partial charge in [0, 0.05) is 20.2 Å². The van der Waals surface area contributed by atoms with Crippen molar-refractivity contribution in [1.29, 1.82) is 0 Å². The average Bonchev–Trinajstić information content (AvgIpc) is 3.13. The molecule has 0 bridgehead atoms. The third kappa shape index (κ3) is 2.74. The van der Waals surface area contributed by atoms with Gasteiger partial charge in [0.15, 0.2) is 0 Å². The third-order valence-corrected chi connectivity index (χ3v) is 6.29. The normalized spacial score (nSPS) is 12.5. The Hall–Kier alpha value is -2.94. The standard InChI is InChI=1S/C25H19NS/c26-25(19-12-5-4-11-18(19)17-9-2-1-3-10-17)21-14-8-16-23-24(21)20-13-6-7-15-22(20)27-23/h1-16,25H,26H2. The van der Waals surface area contributed by atoms with Crippen molar-refractivity contribution in [2.45, 2.75) is 6.04 Å². The van der Waals surface area contributed by atoms with Crippen LogP contribution in [0.3, 0.4) is 0 Å². The molecule has 0 spiro atoms. The molecule has 5 aromatic rings. The highest BCUT2D eigenvalue weighted by molar-refractivity contribution is 7.25. The number of fused-ring (bicyclic) bond motifs is 3. The van der Waals surface area contributed by atoms with Crippen molar-refractivity contribution >= 4 is 31.5 Å². The second-order valence-electron chi connectivity index (χ2n) is 6.75. The summed E-state index contributed by atoms with van der Waals surface area (Å²) in [6.45, 7) is 0. The Balaban J connectivity index is 1.73. The minimum absolute atomic E-state index is 0.178. The van der Waals surface area contributed by atoms with Crippen molar-refractivity contribution < 1.29 is 0 Å². The summed E-state index contributed by atoms with van der Waals surface area (Å²) in [5.41, 5.74) is 11.6. The van der Waals surface area contributed by atoms with E-state index in [1.807, 2.05) is 17.4 Å². The summed E-state index contributed by atoms with van der Waals surface area (Å²) in [7, 11) is 0. The zero-order chi connectivity index (χ0) is 18.2. The third-order valence-electron chi connectivity index (χ3n) is 5.15. The molecule has 2 heteroatoms. The first-order valence-electron chi connectivity index (χ1n) is 9.13. The first-order valence-corrected chi connectivity index (χ1v) is 9.94. The van der Waals surface area contributed by atoms with Crippen molar-refractivity contribution in [3.8, 4) is 11.1 Å². The van der Waals surface area contributed by atoms with E-state index >= 15 is 0 Å². The summed E-state index contributed by atoms with van der Waals surface area (Å²) in [6.07, 6.45) is 0. The molecule has 0 saturated heterocycles. The van der Waals surface area contributed by atoms with Crippen molar-refractivity contribution in [3.63, 3.8) is 0 Å². The Morgan fingerprint density at radius 1 is 0.593 bits per heavy atom. The molecular formula is C25H19NS. The van der Waals surface area contributed by atoms with Gasteiger partial charge in [-0.15, -0.1) is 11.3 Å². The van der Waals surface area contributed by atoms with Crippen LogP contribution in [0, 0.1) is 0 Å². The quantitative estimate of drug-likeness (QED) is 0.375. The molecule has 0 fully saturated rings. The maximum atomic E-state index is 6.88. The molecule has 0 aliphatic rings. The molecule has 0 saturated carbocycles. The van der Waals surface area contributed by atoms with E-state index in [2.05, 4.69) is 91.0 Å². The number of hydrogen-bond acceptors (Lipinski definition) is 2.